The van der Waals surface area contributed by atoms with Crippen molar-refractivity contribution in [2.75, 3.05) is 30.5 Å². The first kappa shape index (κ1) is 15.9. The van der Waals surface area contributed by atoms with Crippen LogP contribution in [0.3, 0.4) is 0 Å². The molecule has 0 amide bonds. The SMILES string of the molecule is CC(N)Cc1cccc(F)c1N(C)CCS(C)(=O)=O. The molecule has 0 saturated heterocycles. The number of anilines is 1. The topological polar surface area (TPSA) is 63.4 Å². The molecule has 0 radical (unpaired) electrons. The van der Waals surface area contributed by atoms with Gasteiger partial charge in [0.25, 0.3) is 0 Å². The highest BCUT2D eigenvalue weighted by atomic mass is 32.2. The fourth-order valence-corrected chi connectivity index (χ4v) is 2.52. The molecular weight excluding hydrogens is 267 g/mol. The van der Waals surface area contributed by atoms with Crippen molar-refractivity contribution in [1.29, 1.82) is 0 Å². The summed E-state index contributed by atoms with van der Waals surface area (Å²) in [7, 11) is -1.38. The highest BCUT2D eigenvalue weighted by Crippen LogP contribution is 2.24. The average molecular weight is 288 g/mol. The fraction of sp³-hybridized carbons (Fsp3) is 0.538. The Bertz CT molecular complexity index is 529. The van der Waals surface area contributed by atoms with Crippen LogP contribution in [0.4, 0.5) is 10.1 Å². The molecule has 0 aliphatic rings. The van der Waals surface area contributed by atoms with Crippen LogP contribution < -0.4 is 10.6 Å². The minimum absolute atomic E-state index is 0.00451. The third kappa shape index (κ3) is 5.16. The van der Waals surface area contributed by atoms with E-state index < -0.39 is 9.84 Å². The summed E-state index contributed by atoms with van der Waals surface area (Å²) in [6.07, 6.45) is 1.72. The lowest BCUT2D eigenvalue weighted by atomic mass is 10.0. The summed E-state index contributed by atoms with van der Waals surface area (Å²) in [6, 6.07) is 4.75. The van der Waals surface area contributed by atoms with Crippen molar-refractivity contribution < 1.29 is 12.8 Å². The van der Waals surface area contributed by atoms with Gasteiger partial charge >= 0.3 is 0 Å². The van der Waals surface area contributed by atoms with Crippen LogP contribution in [0.25, 0.3) is 0 Å². The third-order valence-corrected chi connectivity index (χ3v) is 3.72. The van der Waals surface area contributed by atoms with Gasteiger partial charge in [-0.1, -0.05) is 12.1 Å². The van der Waals surface area contributed by atoms with E-state index in [0.717, 1.165) is 5.56 Å². The van der Waals surface area contributed by atoms with Crippen LogP contribution in [-0.4, -0.2) is 40.1 Å². The van der Waals surface area contributed by atoms with Crippen molar-refractivity contribution in [2.24, 2.45) is 5.73 Å². The molecule has 2 N–H and O–H groups in total. The van der Waals surface area contributed by atoms with Gasteiger partial charge in [-0.2, -0.15) is 0 Å². The van der Waals surface area contributed by atoms with Gasteiger partial charge in [-0.3, -0.25) is 0 Å². The van der Waals surface area contributed by atoms with Crippen LogP contribution in [-0.2, 0) is 16.3 Å². The number of hydrogen-bond acceptors (Lipinski definition) is 4. The molecule has 6 heteroatoms. The number of rotatable bonds is 6. The van der Waals surface area contributed by atoms with Crippen molar-refractivity contribution in [3.05, 3.63) is 29.6 Å². The molecule has 108 valence electrons. The summed E-state index contributed by atoms with van der Waals surface area (Å²) in [6.45, 7) is 2.11. The van der Waals surface area contributed by atoms with Gasteiger partial charge < -0.3 is 10.6 Å². The molecule has 1 aromatic rings. The van der Waals surface area contributed by atoms with E-state index in [0.29, 0.717) is 12.1 Å². The zero-order chi connectivity index (χ0) is 14.6. The fourth-order valence-electron chi connectivity index (χ4n) is 1.91. The standard InChI is InChI=1S/C13H21FN2O2S/c1-10(15)9-11-5-4-6-12(14)13(11)16(2)7-8-19(3,17)18/h4-6,10H,7-9,15H2,1-3H3. The highest BCUT2D eigenvalue weighted by Gasteiger charge is 2.15. The zero-order valence-electron chi connectivity index (χ0n) is 11.6. The van der Waals surface area contributed by atoms with Gasteiger partial charge in [-0.15, -0.1) is 0 Å². The highest BCUT2D eigenvalue weighted by molar-refractivity contribution is 7.90. The summed E-state index contributed by atoms with van der Waals surface area (Å²) in [5.74, 6) is -0.357. The number of para-hydroxylation sites is 1. The van der Waals surface area contributed by atoms with Crippen molar-refractivity contribution in [3.63, 3.8) is 0 Å². The maximum atomic E-state index is 13.9. The Kier molecular flexibility index (Phi) is 5.31. The van der Waals surface area contributed by atoms with Crippen LogP contribution in [0.1, 0.15) is 12.5 Å². The molecule has 1 rings (SSSR count). The molecule has 1 aromatic carbocycles. The Labute approximate surface area is 114 Å². The van der Waals surface area contributed by atoms with Gasteiger partial charge in [0.2, 0.25) is 0 Å². The number of nitrogens with two attached hydrogens (primary N) is 1. The summed E-state index contributed by atoms with van der Waals surface area (Å²) in [5.41, 5.74) is 6.98. The van der Waals surface area contributed by atoms with Gasteiger partial charge in [0.15, 0.2) is 0 Å². The predicted octanol–water partition coefficient (Wildman–Crippen LogP) is 1.20. The van der Waals surface area contributed by atoms with E-state index in [1.54, 1.807) is 18.0 Å². The molecule has 4 nitrogen and oxygen atoms in total. The quantitative estimate of drug-likeness (QED) is 0.854. The minimum Gasteiger partial charge on any atom is -0.371 e. The summed E-state index contributed by atoms with van der Waals surface area (Å²) >= 11 is 0. The Morgan fingerprint density at radius 2 is 2.05 bits per heavy atom. The molecule has 19 heavy (non-hydrogen) atoms. The van der Waals surface area contributed by atoms with Crippen molar-refractivity contribution in [1.82, 2.24) is 0 Å². The van der Waals surface area contributed by atoms with Crippen molar-refractivity contribution in [2.45, 2.75) is 19.4 Å². The predicted molar refractivity (Wildman–Crippen MR) is 76.7 cm³/mol. The lowest BCUT2D eigenvalue weighted by Gasteiger charge is -2.23. The third-order valence-electron chi connectivity index (χ3n) is 2.79. The molecule has 1 unspecified atom stereocenters. The number of benzene rings is 1. The Balaban J connectivity index is 2.97. The van der Waals surface area contributed by atoms with E-state index in [-0.39, 0.29) is 24.2 Å². The smallest absolute Gasteiger partial charge is 0.149 e. The average Bonchev–Trinajstić information content (AvgIpc) is 2.24. The van der Waals surface area contributed by atoms with Gasteiger partial charge in [-0.25, -0.2) is 12.8 Å². The van der Waals surface area contributed by atoms with Crippen LogP contribution in [0.5, 0.6) is 0 Å². The maximum Gasteiger partial charge on any atom is 0.149 e. The Morgan fingerprint density at radius 3 is 2.58 bits per heavy atom. The summed E-state index contributed by atoms with van der Waals surface area (Å²) in [4.78, 5) is 1.63. The lowest BCUT2D eigenvalue weighted by molar-refractivity contribution is 0.598. The summed E-state index contributed by atoms with van der Waals surface area (Å²) < 4.78 is 36.3. The molecule has 0 aliphatic carbocycles. The zero-order valence-corrected chi connectivity index (χ0v) is 12.4. The lowest BCUT2D eigenvalue weighted by Crippen LogP contribution is -2.28. The van der Waals surface area contributed by atoms with Crippen LogP contribution in [0.15, 0.2) is 18.2 Å². The minimum atomic E-state index is -3.06. The molecular formula is C13H21FN2O2S. The second kappa shape index (κ2) is 6.34. The Morgan fingerprint density at radius 1 is 1.42 bits per heavy atom. The molecule has 0 aliphatic heterocycles. The van der Waals surface area contributed by atoms with Gasteiger partial charge in [0.1, 0.15) is 15.7 Å². The molecule has 0 bridgehead atoms. The van der Waals surface area contributed by atoms with Crippen LogP contribution in [0, 0.1) is 5.82 Å². The van der Waals surface area contributed by atoms with Gasteiger partial charge in [-0.05, 0) is 25.0 Å². The molecule has 0 heterocycles. The van der Waals surface area contributed by atoms with E-state index in [1.807, 2.05) is 13.0 Å². The van der Waals surface area contributed by atoms with Gasteiger partial charge in [0.05, 0.1) is 11.4 Å². The van der Waals surface area contributed by atoms with Crippen LogP contribution in [0.2, 0.25) is 0 Å². The first-order valence-corrected chi connectivity index (χ1v) is 8.18. The van der Waals surface area contributed by atoms with E-state index >= 15 is 0 Å². The first-order chi connectivity index (χ1) is 8.70. The first-order valence-electron chi connectivity index (χ1n) is 6.12. The van der Waals surface area contributed by atoms with E-state index in [1.165, 1.54) is 12.3 Å². The van der Waals surface area contributed by atoms with E-state index in [4.69, 9.17) is 5.73 Å². The molecule has 1 atom stereocenters. The molecule has 0 aromatic heterocycles. The van der Waals surface area contributed by atoms with Crippen LogP contribution >= 0.6 is 0 Å². The maximum absolute atomic E-state index is 13.9. The molecule has 0 saturated carbocycles. The molecule has 0 fully saturated rings. The normalized spacial score (nSPS) is 13.3. The van der Waals surface area contributed by atoms with Gasteiger partial charge in [0, 0.05) is 25.9 Å². The Hall–Kier alpha value is -1.14. The number of halogens is 1. The number of hydrogen-bond donors (Lipinski definition) is 1. The van der Waals surface area contributed by atoms with Crippen molar-refractivity contribution in [3.8, 4) is 0 Å². The second-order valence-corrected chi connectivity index (χ2v) is 7.24. The second-order valence-electron chi connectivity index (χ2n) is 4.98. The van der Waals surface area contributed by atoms with Crippen molar-refractivity contribution >= 4 is 15.5 Å². The van der Waals surface area contributed by atoms with E-state index in [9.17, 15) is 12.8 Å². The largest absolute Gasteiger partial charge is 0.371 e. The molecule has 0 spiro atoms. The monoisotopic (exact) mass is 288 g/mol. The number of nitrogens with zero attached hydrogens (tertiary/aromatic N) is 1. The summed E-state index contributed by atoms with van der Waals surface area (Å²) in [5, 5.41) is 0. The number of sulfone groups is 1. The van der Waals surface area contributed by atoms with E-state index in [2.05, 4.69) is 0 Å².